The molecular weight excluding hydrogens is 303 g/mol. The monoisotopic (exact) mass is 320 g/mol. The van der Waals surface area contributed by atoms with Crippen LogP contribution in [0.3, 0.4) is 0 Å². The Kier molecular flexibility index (Phi) is 5.92. The minimum absolute atomic E-state index is 0.0245. The average Bonchev–Trinajstić information content (AvgIpc) is 2.52. The fraction of sp³-hybridized carbons (Fsp3) is 0.235. The molecule has 1 amide bonds. The molecule has 0 bridgehead atoms. The molecule has 1 atom stereocenters. The van der Waals surface area contributed by atoms with E-state index >= 15 is 0 Å². The number of hydrogen-bond acceptors (Lipinski definition) is 2. The van der Waals surface area contributed by atoms with Gasteiger partial charge in [0, 0.05) is 23.2 Å². The van der Waals surface area contributed by atoms with Crippen LogP contribution in [-0.4, -0.2) is 12.5 Å². The lowest BCUT2D eigenvalue weighted by Gasteiger charge is -2.14. The van der Waals surface area contributed by atoms with Crippen molar-refractivity contribution in [3.05, 3.63) is 70.5 Å². The van der Waals surface area contributed by atoms with Crippen molar-refractivity contribution in [3.8, 4) is 0 Å². The summed E-state index contributed by atoms with van der Waals surface area (Å²) >= 11 is 5.84. The van der Waals surface area contributed by atoms with Gasteiger partial charge in [-0.3, -0.25) is 4.79 Å². The summed E-state index contributed by atoms with van der Waals surface area (Å²) in [6.07, 6.45) is 0. The molecule has 0 fully saturated rings. The maximum Gasteiger partial charge on any atom is 0.234 e. The lowest BCUT2D eigenvalue weighted by atomic mass is 10.1. The van der Waals surface area contributed by atoms with Crippen LogP contribution in [0.15, 0.2) is 48.5 Å². The summed E-state index contributed by atoms with van der Waals surface area (Å²) in [7, 11) is 0. The zero-order chi connectivity index (χ0) is 15.9. The molecule has 0 aliphatic rings. The van der Waals surface area contributed by atoms with Gasteiger partial charge in [-0.25, -0.2) is 4.39 Å². The van der Waals surface area contributed by atoms with Gasteiger partial charge < -0.3 is 10.6 Å². The Balaban J connectivity index is 1.78. The molecule has 0 aliphatic carbocycles. The van der Waals surface area contributed by atoms with E-state index in [4.69, 9.17) is 11.6 Å². The molecule has 0 heterocycles. The van der Waals surface area contributed by atoms with E-state index in [2.05, 4.69) is 10.6 Å². The Morgan fingerprint density at radius 1 is 1.18 bits per heavy atom. The highest BCUT2D eigenvalue weighted by atomic mass is 35.5. The number of carbonyl (C=O) groups excluding carboxylic acids is 1. The van der Waals surface area contributed by atoms with Gasteiger partial charge >= 0.3 is 0 Å². The second-order valence-corrected chi connectivity index (χ2v) is 5.46. The molecule has 2 N–H and O–H groups in total. The maximum atomic E-state index is 13.4. The van der Waals surface area contributed by atoms with E-state index in [0.717, 1.165) is 5.56 Å². The van der Waals surface area contributed by atoms with E-state index in [1.54, 1.807) is 18.2 Å². The largest absolute Gasteiger partial charge is 0.351 e. The predicted octanol–water partition coefficient (Wildman–Crippen LogP) is 3.45. The Morgan fingerprint density at radius 2 is 1.86 bits per heavy atom. The van der Waals surface area contributed by atoms with Crippen LogP contribution in [-0.2, 0) is 11.3 Å². The molecule has 2 aromatic carbocycles. The maximum absolute atomic E-state index is 13.4. The molecule has 0 radical (unpaired) electrons. The molecule has 0 aromatic heterocycles. The van der Waals surface area contributed by atoms with Crippen molar-refractivity contribution in [1.82, 2.24) is 10.6 Å². The topological polar surface area (TPSA) is 41.1 Å². The molecule has 0 aliphatic heterocycles. The molecule has 0 spiro atoms. The van der Waals surface area contributed by atoms with Crippen molar-refractivity contribution in [2.24, 2.45) is 0 Å². The standard InChI is InChI=1S/C17H18ClFN2O/c1-12(13-6-8-15(18)9-7-13)20-11-17(22)21-10-14-4-2-3-5-16(14)19/h2-9,12,20H,10-11H2,1H3,(H,21,22)/t12-/m1/s1. The molecule has 2 rings (SSSR count). The van der Waals surface area contributed by atoms with E-state index < -0.39 is 0 Å². The molecule has 0 saturated heterocycles. The fourth-order valence-electron chi connectivity index (χ4n) is 2.01. The quantitative estimate of drug-likeness (QED) is 0.856. The Bertz CT molecular complexity index is 631. The van der Waals surface area contributed by atoms with Crippen molar-refractivity contribution in [3.63, 3.8) is 0 Å². The van der Waals surface area contributed by atoms with Crippen LogP contribution in [0, 0.1) is 5.82 Å². The molecule has 2 aromatic rings. The lowest BCUT2D eigenvalue weighted by molar-refractivity contribution is -0.120. The molecule has 0 saturated carbocycles. The van der Waals surface area contributed by atoms with Crippen molar-refractivity contribution in [2.45, 2.75) is 19.5 Å². The van der Waals surface area contributed by atoms with E-state index in [0.29, 0.717) is 10.6 Å². The van der Waals surface area contributed by atoms with Crippen molar-refractivity contribution >= 4 is 17.5 Å². The summed E-state index contributed by atoms with van der Waals surface area (Å²) in [4.78, 5) is 11.8. The second-order valence-electron chi connectivity index (χ2n) is 5.02. The number of hydrogen-bond donors (Lipinski definition) is 2. The summed E-state index contributed by atoms with van der Waals surface area (Å²) in [5, 5.41) is 6.49. The third kappa shape index (κ3) is 4.83. The Morgan fingerprint density at radius 3 is 2.55 bits per heavy atom. The van der Waals surface area contributed by atoms with Crippen LogP contribution in [0.2, 0.25) is 5.02 Å². The lowest BCUT2D eigenvalue weighted by Crippen LogP contribution is -2.34. The Hall–Kier alpha value is -1.91. The summed E-state index contributed by atoms with van der Waals surface area (Å²) < 4.78 is 13.4. The summed E-state index contributed by atoms with van der Waals surface area (Å²) in [6, 6.07) is 13.9. The van der Waals surface area contributed by atoms with Crippen LogP contribution in [0.1, 0.15) is 24.1 Å². The Labute approximate surface area is 134 Å². The molecule has 0 unspecified atom stereocenters. The van der Waals surface area contributed by atoms with E-state index in [1.165, 1.54) is 6.07 Å². The highest BCUT2D eigenvalue weighted by molar-refractivity contribution is 6.30. The van der Waals surface area contributed by atoms with Gasteiger partial charge in [0.15, 0.2) is 0 Å². The first kappa shape index (κ1) is 16.5. The van der Waals surface area contributed by atoms with Crippen LogP contribution in [0.25, 0.3) is 0 Å². The molecule has 22 heavy (non-hydrogen) atoms. The highest BCUT2D eigenvalue weighted by Gasteiger charge is 2.08. The van der Waals surface area contributed by atoms with E-state index in [-0.39, 0.29) is 30.9 Å². The van der Waals surface area contributed by atoms with Crippen molar-refractivity contribution in [2.75, 3.05) is 6.54 Å². The van der Waals surface area contributed by atoms with Gasteiger partial charge in [-0.05, 0) is 30.7 Å². The van der Waals surface area contributed by atoms with Crippen LogP contribution in [0.4, 0.5) is 4.39 Å². The number of rotatable bonds is 6. The molecule has 3 nitrogen and oxygen atoms in total. The number of nitrogens with one attached hydrogen (secondary N) is 2. The average molecular weight is 321 g/mol. The van der Waals surface area contributed by atoms with Gasteiger partial charge in [-0.1, -0.05) is 41.9 Å². The summed E-state index contributed by atoms with van der Waals surface area (Å²) in [5.74, 6) is -0.491. The first-order valence-corrected chi connectivity index (χ1v) is 7.43. The third-order valence-corrected chi connectivity index (χ3v) is 3.62. The van der Waals surface area contributed by atoms with Gasteiger partial charge in [0.25, 0.3) is 0 Å². The fourth-order valence-corrected chi connectivity index (χ4v) is 2.14. The minimum Gasteiger partial charge on any atom is -0.351 e. The van der Waals surface area contributed by atoms with E-state index in [9.17, 15) is 9.18 Å². The van der Waals surface area contributed by atoms with E-state index in [1.807, 2.05) is 31.2 Å². The van der Waals surface area contributed by atoms with Gasteiger partial charge in [-0.2, -0.15) is 0 Å². The van der Waals surface area contributed by atoms with Gasteiger partial charge in [0.1, 0.15) is 5.82 Å². The summed E-state index contributed by atoms with van der Waals surface area (Å²) in [6.45, 7) is 2.31. The summed E-state index contributed by atoms with van der Waals surface area (Å²) in [5.41, 5.74) is 1.52. The number of amides is 1. The molecular formula is C17H18ClFN2O. The first-order valence-electron chi connectivity index (χ1n) is 7.05. The molecule has 5 heteroatoms. The smallest absolute Gasteiger partial charge is 0.234 e. The van der Waals surface area contributed by atoms with Gasteiger partial charge in [-0.15, -0.1) is 0 Å². The normalized spacial score (nSPS) is 12.0. The molecule has 116 valence electrons. The van der Waals surface area contributed by atoms with Gasteiger partial charge in [0.05, 0.1) is 6.54 Å². The van der Waals surface area contributed by atoms with Crippen molar-refractivity contribution < 1.29 is 9.18 Å². The van der Waals surface area contributed by atoms with Crippen LogP contribution in [0.5, 0.6) is 0 Å². The number of benzene rings is 2. The van der Waals surface area contributed by atoms with Crippen LogP contribution < -0.4 is 10.6 Å². The second kappa shape index (κ2) is 7.92. The zero-order valence-electron chi connectivity index (χ0n) is 12.3. The highest BCUT2D eigenvalue weighted by Crippen LogP contribution is 2.15. The van der Waals surface area contributed by atoms with Crippen molar-refractivity contribution in [1.29, 1.82) is 0 Å². The SMILES string of the molecule is C[C@@H](NCC(=O)NCc1ccccc1F)c1ccc(Cl)cc1. The predicted molar refractivity (Wildman–Crippen MR) is 86.1 cm³/mol. The number of halogens is 2. The zero-order valence-corrected chi connectivity index (χ0v) is 13.0. The van der Waals surface area contributed by atoms with Gasteiger partial charge in [0.2, 0.25) is 5.91 Å². The van der Waals surface area contributed by atoms with Crippen LogP contribution >= 0.6 is 11.6 Å². The number of carbonyl (C=O) groups is 1. The third-order valence-electron chi connectivity index (χ3n) is 3.37. The minimum atomic E-state index is -0.315. The first-order chi connectivity index (χ1) is 10.6.